The highest BCUT2D eigenvalue weighted by Crippen LogP contribution is 2.24. The predicted molar refractivity (Wildman–Crippen MR) is 95.0 cm³/mol. The SMILES string of the molecule is O=C(CSc1nc2ccccc2o1)N1CC(Oc2ccc(Cl)cn2)C1. The second-order valence-corrected chi connectivity index (χ2v) is 6.95. The molecule has 0 spiro atoms. The first-order valence-electron chi connectivity index (χ1n) is 7.72. The van der Waals surface area contributed by atoms with Crippen molar-refractivity contribution in [1.82, 2.24) is 14.9 Å². The van der Waals surface area contributed by atoms with Gasteiger partial charge in [-0.2, -0.15) is 0 Å². The number of rotatable bonds is 5. The molecule has 1 aliphatic rings. The largest absolute Gasteiger partial charge is 0.471 e. The Hall–Kier alpha value is -2.25. The summed E-state index contributed by atoms with van der Waals surface area (Å²) in [6.45, 7) is 1.11. The Morgan fingerprint density at radius 3 is 2.92 bits per heavy atom. The standard InChI is InChI=1S/C17H14ClN3O3S/c18-11-5-6-15(19-7-11)23-12-8-21(9-12)16(22)10-25-17-20-13-3-1-2-4-14(13)24-17/h1-7,12H,8-10H2. The number of ether oxygens (including phenoxy) is 1. The topological polar surface area (TPSA) is 68.5 Å². The first kappa shape index (κ1) is 16.2. The van der Waals surface area contributed by atoms with E-state index in [1.54, 1.807) is 17.0 Å². The molecule has 0 bridgehead atoms. The van der Waals surface area contributed by atoms with E-state index in [1.165, 1.54) is 18.0 Å². The molecule has 8 heteroatoms. The summed E-state index contributed by atoms with van der Waals surface area (Å²) >= 11 is 7.09. The first-order chi connectivity index (χ1) is 12.2. The van der Waals surface area contributed by atoms with E-state index in [0.717, 1.165) is 11.1 Å². The second kappa shape index (κ2) is 6.93. The lowest BCUT2D eigenvalue weighted by Gasteiger charge is -2.38. The number of amides is 1. The lowest BCUT2D eigenvalue weighted by atomic mass is 10.2. The van der Waals surface area contributed by atoms with Crippen LogP contribution in [0.4, 0.5) is 0 Å². The van der Waals surface area contributed by atoms with Gasteiger partial charge in [-0.25, -0.2) is 9.97 Å². The van der Waals surface area contributed by atoms with Crippen LogP contribution in [0.15, 0.2) is 52.2 Å². The molecule has 1 aromatic carbocycles. The molecule has 6 nitrogen and oxygen atoms in total. The number of pyridine rings is 1. The summed E-state index contributed by atoms with van der Waals surface area (Å²) in [7, 11) is 0. The quantitative estimate of drug-likeness (QED) is 0.637. The molecule has 3 heterocycles. The number of aromatic nitrogens is 2. The number of benzene rings is 1. The minimum absolute atomic E-state index is 0.0352. The Morgan fingerprint density at radius 2 is 2.16 bits per heavy atom. The van der Waals surface area contributed by atoms with Gasteiger partial charge in [0.25, 0.3) is 5.22 Å². The maximum absolute atomic E-state index is 12.2. The molecule has 1 amide bonds. The number of hydrogen-bond donors (Lipinski definition) is 0. The molecular weight excluding hydrogens is 362 g/mol. The van der Waals surface area contributed by atoms with Gasteiger partial charge < -0.3 is 14.1 Å². The number of fused-ring (bicyclic) bond motifs is 1. The minimum Gasteiger partial charge on any atom is -0.471 e. The Morgan fingerprint density at radius 1 is 1.32 bits per heavy atom. The van der Waals surface area contributed by atoms with Gasteiger partial charge in [0.05, 0.1) is 23.9 Å². The lowest BCUT2D eigenvalue weighted by Crippen LogP contribution is -2.56. The van der Waals surface area contributed by atoms with Gasteiger partial charge in [-0.05, 0) is 18.2 Å². The van der Waals surface area contributed by atoms with Crippen molar-refractivity contribution in [3.63, 3.8) is 0 Å². The van der Waals surface area contributed by atoms with Crippen molar-refractivity contribution in [3.8, 4) is 5.88 Å². The Kier molecular flexibility index (Phi) is 4.50. The van der Waals surface area contributed by atoms with Gasteiger partial charge in [0.2, 0.25) is 11.8 Å². The smallest absolute Gasteiger partial charge is 0.257 e. The number of carbonyl (C=O) groups excluding carboxylic acids is 1. The predicted octanol–water partition coefficient (Wildman–Crippen LogP) is 3.26. The fourth-order valence-electron chi connectivity index (χ4n) is 2.45. The molecule has 0 aliphatic carbocycles. The highest BCUT2D eigenvalue weighted by Gasteiger charge is 2.32. The average Bonchev–Trinajstić information content (AvgIpc) is 3.00. The summed E-state index contributed by atoms with van der Waals surface area (Å²) < 4.78 is 11.3. The molecular formula is C17H14ClN3O3S. The number of halogens is 1. The van der Waals surface area contributed by atoms with E-state index in [4.69, 9.17) is 20.8 Å². The molecule has 1 aliphatic heterocycles. The van der Waals surface area contributed by atoms with Crippen molar-refractivity contribution in [3.05, 3.63) is 47.6 Å². The summed E-state index contributed by atoms with van der Waals surface area (Å²) in [5, 5.41) is 1.07. The third kappa shape index (κ3) is 3.72. The van der Waals surface area contributed by atoms with Crippen LogP contribution in [-0.4, -0.2) is 45.7 Å². The number of hydrogen-bond acceptors (Lipinski definition) is 6. The van der Waals surface area contributed by atoms with Crippen LogP contribution in [0.2, 0.25) is 5.02 Å². The van der Waals surface area contributed by atoms with Gasteiger partial charge in [-0.1, -0.05) is 35.5 Å². The van der Waals surface area contributed by atoms with E-state index in [-0.39, 0.29) is 12.0 Å². The highest BCUT2D eigenvalue weighted by molar-refractivity contribution is 7.99. The zero-order chi connectivity index (χ0) is 17.2. The van der Waals surface area contributed by atoms with Crippen LogP contribution < -0.4 is 4.74 Å². The van der Waals surface area contributed by atoms with Crippen LogP contribution in [0.3, 0.4) is 0 Å². The van der Waals surface area contributed by atoms with Crippen molar-refractivity contribution in [1.29, 1.82) is 0 Å². The number of nitrogens with zero attached hydrogens (tertiary/aromatic N) is 3. The van der Waals surface area contributed by atoms with Crippen molar-refractivity contribution in [2.45, 2.75) is 11.3 Å². The molecule has 0 radical (unpaired) electrons. The van der Waals surface area contributed by atoms with E-state index in [0.29, 0.717) is 35.0 Å². The highest BCUT2D eigenvalue weighted by atomic mass is 35.5. The van der Waals surface area contributed by atoms with Gasteiger partial charge in [0.15, 0.2) is 5.58 Å². The second-order valence-electron chi connectivity index (χ2n) is 5.59. The van der Waals surface area contributed by atoms with Crippen LogP contribution in [0.1, 0.15) is 0 Å². The normalized spacial score (nSPS) is 14.5. The summed E-state index contributed by atoms with van der Waals surface area (Å²) in [5.41, 5.74) is 1.52. The van der Waals surface area contributed by atoms with E-state index in [9.17, 15) is 4.79 Å². The molecule has 0 saturated carbocycles. The lowest BCUT2D eigenvalue weighted by molar-refractivity contribution is -0.137. The van der Waals surface area contributed by atoms with Crippen molar-refractivity contribution in [2.75, 3.05) is 18.8 Å². The molecule has 1 saturated heterocycles. The van der Waals surface area contributed by atoms with Crippen LogP contribution in [0.5, 0.6) is 5.88 Å². The maximum Gasteiger partial charge on any atom is 0.257 e. The van der Waals surface area contributed by atoms with E-state index in [1.807, 2.05) is 24.3 Å². The monoisotopic (exact) mass is 375 g/mol. The van der Waals surface area contributed by atoms with E-state index >= 15 is 0 Å². The fourth-order valence-corrected chi connectivity index (χ4v) is 3.30. The molecule has 3 aromatic rings. The Bertz CT molecular complexity index is 861. The summed E-state index contributed by atoms with van der Waals surface area (Å²) in [4.78, 5) is 22.4. The summed E-state index contributed by atoms with van der Waals surface area (Å²) in [6, 6.07) is 11.0. The molecule has 1 fully saturated rings. The van der Waals surface area contributed by atoms with Crippen LogP contribution in [0.25, 0.3) is 11.1 Å². The van der Waals surface area contributed by atoms with Crippen LogP contribution in [0, 0.1) is 0 Å². The number of thioether (sulfide) groups is 1. The molecule has 2 aromatic heterocycles. The van der Waals surface area contributed by atoms with Gasteiger partial charge in [0, 0.05) is 12.3 Å². The van der Waals surface area contributed by atoms with Gasteiger partial charge in [-0.3, -0.25) is 4.79 Å². The van der Waals surface area contributed by atoms with E-state index in [2.05, 4.69) is 9.97 Å². The molecule has 128 valence electrons. The molecule has 4 rings (SSSR count). The number of oxazole rings is 1. The third-order valence-electron chi connectivity index (χ3n) is 3.78. The van der Waals surface area contributed by atoms with Crippen molar-refractivity contribution in [2.24, 2.45) is 0 Å². The zero-order valence-corrected chi connectivity index (χ0v) is 14.7. The van der Waals surface area contributed by atoms with Crippen LogP contribution in [-0.2, 0) is 4.79 Å². The molecule has 25 heavy (non-hydrogen) atoms. The zero-order valence-electron chi connectivity index (χ0n) is 13.1. The maximum atomic E-state index is 12.2. The van der Waals surface area contributed by atoms with Gasteiger partial charge >= 0.3 is 0 Å². The van der Waals surface area contributed by atoms with Gasteiger partial charge in [0.1, 0.15) is 11.6 Å². The Labute approximate surface area is 153 Å². The van der Waals surface area contributed by atoms with Crippen molar-refractivity contribution < 1.29 is 13.9 Å². The minimum atomic E-state index is -0.0352. The molecule has 0 N–H and O–H groups in total. The molecule has 0 atom stereocenters. The number of para-hydroxylation sites is 2. The third-order valence-corrected chi connectivity index (χ3v) is 4.82. The van der Waals surface area contributed by atoms with Gasteiger partial charge in [-0.15, -0.1) is 0 Å². The average molecular weight is 376 g/mol. The van der Waals surface area contributed by atoms with Crippen LogP contribution >= 0.6 is 23.4 Å². The van der Waals surface area contributed by atoms with E-state index < -0.39 is 0 Å². The fraction of sp³-hybridized carbons (Fsp3) is 0.235. The number of carbonyl (C=O) groups is 1. The Balaban J connectivity index is 1.25. The summed E-state index contributed by atoms with van der Waals surface area (Å²) in [5.74, 6) is 0.845. The van der Waals surface area contributed by atoms with Crippen molar-refractivity contribution >= 4 is 40.4 Å². The first-order valence-corrected chi connectivity index (χ1v) is 9.08. The summed E-state index contributed by atoms with van der Waals surface area (Å²) in [6.07, 6.45) is 1.50. The molecule has 0 unspecified atom stereocenters. The number of likely N-dealkylation sites (tertiary alicyclic amines) is 1.